The minimum absolute atomic E-state index is 0.0436. The van der Waals surface area contributed by atoms with E-state index in [-0.39, 0.29) is 11.9 Å². The van der Waals surface area contributed by atoms with E-state index in [1.165, 1.54) is 0 Å². The molecule has 0 spiro atoms. The maximum atomic E-state index is 13.4. The molecule has 140 valence electrons. The summed E-state index contributed by atoms with van der Waals surface area (Å²) < 4.78 is 0. The van der Waals surface area contributed by atoms with Crippen molar-refractivity contribution in [3.63, 3.8) is 0 Å². The Balaban J connectivity index is 1.89. The summed E-state index contributed by atoms with van der Waals surface area (Å²) >= 11 is 6.04. The van der Waals surface area contributed by atoms with E-state index in [1.807, 2.05) is 17.0 Å². The number of hydrogen-bond acceptors (Lipinski definition) is 3. The van der Waals surface area contributed by atoms with Crippen molar-refractivity contribution in [2.75, 3.05) is 0 Å². The zero-order valence-electron chi connectivity index (χ0n) is 14.9. The Kier molecular flexibility index (Phi) is 4.92. The van der Waals surface area contributed by atoms with Gasteiger partial charge in [0, 0.05) is 22.5 Å². The van der Waals surface area contributed by atoms with Crippen molar-refractivity contribution in [3.8, 4) is 0 Å². The average Bonchev–Trinajstić information content (AvgIpc) is 2.69. The van der Waals surface area contributed by atoms with Crippen LogP contribution in [0.5, 0.6) is 0 Å². The Morgan fingerprint density at radius 3 is 2.33 bits per heavy atom. The van der Waals surface area contributed by atoms with Gasteiger partial charge in [-0.3, -0.25) is 4.79 Å². The third kappa shape index (κ3) is 3.23. The van der Waals surface area contributed by atoms with Crippen molar-refractivity contribution < 1.29 is 14.7 Å². The first-order valence-electron chi connectivity index (χ1n) is 9.46. The first-order valence-corrected chi connectivity index (χ1v) is 9.83. The number of carboxylic acids is 1. The van der Waals surface area contributed by atoms with Gasteiger partial charge in [-0.25, -0.2) is 0 Å². The van der Waals surface area contributed by atoms with Crippen LogP contribution in [0, 0.1) is 0 Å². The van der Waals surface area contributed by atoms with Crippen LogP contribution < -0.4 is 5.11 Å². The normalized spacial score (nSPS) is 23.1. The van der Waals surface area contributed by atoms with E-state index in [9.17, 15) is 14.7 Å². The number of carboxylic acid groups (broad SMARTS) is 1. The van der Waals surface area contributed by atoms with E-state index in [0.29, 0.717) is 16.1 Å². The SMILES string of the molecule is O=C([O-])[C@@H]1c2ccccc2C(=O)N(C2CCCCC2)[C@@H]1c1ccc(Cl)cc1. The molecule has 4 rings (SSSR count). The summed E-state index contributed by atoms with van der Waals surface area (Å²) in [6.07, 6.45) is 5.07. The summed E-state index contributed by atoms with van der Waals surface area (Å²) in [7, 11) is 0. The Morgan fingerprint density at radius 2 is 1.67 bits per heavy atom. The third-order valence-corrected chi connectivity index (χ3v) is 6.06. The maximum absolute atomic E-state index is 13.4. The quantitative estimate of drug-likeness (QED) is 0.813. The van der Waals surface area contributed by atoms with Gasteiger partial charge in [0.1, 0.15) is 0 Å². The van der Waals surface area contributed by atoms with E-state index in [4.69, 9.17) is 11.6 Å². The molecule has 0 unspecified atom stereocenters. The summed E-state index contributed by atoms with van der Waals surface area (Å²) in [6, 6.07) is 13.6. The van der Waals surface area contributed by atoms with Gasteiger partial charge in [0.15, 0.2) is 0 Å². The van der Waals surface area contributed by atoms with Crippen molar-refractivity contribution in [2.45, 2.75) is 50.1 Å². The summed E-state index contributed by atoms with van der Waals surface area (Å²) in [6.45, 7) is 0. The molecule has 0 aromatic heterocycles. The highest BCUT2D eigenvalue weighted by Crippen LogP contribution is 2.45. The number of amides is 1. The second-order valence-electron chi connectivity index (χ2n) is 7.38. The van der Waals surface area contributed by atoms with Crippen molar-refractivity contribution in [1.82, 2.24) is 4.90 Å². The van der Waals surface area contributed by atoms with Crippen molar-refractivity contribution >= 4 is 23.5 Å². The summed E-state index contributed by atoms with van der Waals surface area (Å²) in [5.41, 5.74) is 1.79. The molecular weight excluding hydrogens is 362 g/mol. The Labute approximate surface area is 163 Å². The molecule has 1 saturated carbocycles. The first-order chi connectivity index (χ1) is 13.1. The molecule has 1 aliphatic carbocycles. The molecule has 1 heterocycles. The van der Waals surface area contributed by atoms with Crippen LogP contribution in [-0.2, 0) is 4.79 Å². The fraction of sp³-hybridized carbons (Fsp3) is 0.364. The van der Waals surface area contributed by atoms with E-state index in [2.05, 4.69) is 0 Å². The van der Waals surface area contributed by atoms with Gasteiger partial charge in [-0.1, -0.05) is 61.2 Å². The molecule has 0 N–H and O–H groups in total. The van der Waals surface area contributed by atoms with Crippen LogP contribution in [0.2, 0.25) is 5.02 Å². The molecule has 1 fully saturated rings. The number of hydrogen-bond donors (Lipinski definition) is 0. The molecule has 2 aliphatic rings. The molecule has 27 heavy (non-hydrogen) atoms. The number of benzene rings is 2. The largest absolute Gasteiger partial charge is 0.549 e. The van der Waals surface area contributed by atoms with E-state index in [1.54, 1.807) is 36.4 Å². The standard InChI is InChI=1S/C22H22ClNO3/c23-15-12-10-14(11-13-15)20-19(22(26)27)17-8-4-5-9-18(17)21(25)24(20)16-6-2-1-3-7-16/h4-5,8-13,16,19-20H,1-3,6-7H2,(H,26,27)/p-1/t19-,20-/m1/s1. The molecular formula is C22H21ClNO3-. The van der Waals surface area contributed by atoms with Crippen LogP contribution in [0.15, 0.2) is 48.5 Å². The van der Waals surface area contributed by atoms with Gasteiger partial charge in [0.05, 0.1) is 12.0 Å². The monoisotopic (exact) mass is 382 g/mol. The lowest BCUT2D eigenvalue weighted by Gasteiger charge is -2.47. The van der Waals surface area contributed by atoms with Gasteiger partial charge < -0.3 is 14.8 Å². The molecule has 0 saturated heterocycles. The number of carbonyl (C=O) groups is 2. The topological polar surface area (TPSA) is 60.4 Å². The van der Waals surface area contributed by atoms with Gasteiger partial charge in [0.2, 0.25) is 0 Å². The fourth-order valence-corrected chi connectivity index (χ4v) is 4.71. The Hall–Kier alpha value is -2.33. The van der Waals surface area contributed by atoms with Crippen LogP contribution in [-0.4, -0.2) is 22.8 Å². The van der Waals surface area contributed by atoms with Crippen molar-refractivity contribution in [2.24, 2.45) is 0 Å². The van der Waals surface area contributed by atoms with E-state index >= 15 is 0 Å². The lowest BCUT2D eigenvalue weighted by atomic mass is 9.77. The van der Waals surface area contributed by atoms with Crippen LogP contribution in [0.3, 0.4) is 0 Å². The number of fused-ring (bicyclic) bond motifs is 1. The molecule has 0 bridgehead atoms. The minimum Gasteiger partial charge on any atom is -0.549 e. The lowest BCUT2D eigenvalue weighted by Crippen LogP contribution is -2.52. The maximum Gasteiger partial charge on any atom is 0.254 e. The van der Waals surface area contributed by atoms with Crippen LogP contribution in [0.4, 0.5) is 0 Å². The Morgan fingerprint density at radius 1 is 1.00 bits per heavy atom. The van der Waals surface area contributed by atoms with Gasteiger partial charge in [-0.2, -0.15) is 0 Å². The zero-order valence-corrected chi connectivity index (χ0v) is 15.7. The van der Waals surface area contributed by atoms with Crippen LogP contribution in [0.25, 0.3) is 0 Å². The number of aliphatic carboxylic acids is 1. The zero-order chi connectivity index (χ0) is 19.0. The molecule has 4 nitrogen and oxygen atoms in total. The van der Waals surface area contributed by atoms with Gasteiger partial charge >= 0.3 is 0 Å². The molecule has 2 atom stereocenters. The lowest BCUT2D eigenvalue weighted by molar-refractivity contribution is -0.309. The fourth-order valence-electron chi connectivity index (χ4n) is 4.58. The van der Waals surface area contributed by atoms with Crippen LogP contribution in [0.1, 0.15) is 65.5 Å². The second kappa shape index (κ2) is 7.35. The van der Waals surface area contributed by atoms with E-state index < -0.39 is 17.9 Å². The van der Waals surface area contributed by atoms with E-state index in [0.717, 1.165) is 37.7 Å². The van der Waals surface area contributed by atoms with Gasteiger partial charge in [0.25, 0.3) is 5.91 Å². The molecule has 2 aromatic carbocycles. The average molecular weight is 383 g/mol. The number of rotatable bonds is 3. The number of halogens is 1. The molecule has 2 aromatic rings. The predicted octanol–water partition coefficient (Wildman–Crippen LogP) is 3.70. The second-order valence-corrected chi connectivity index (χ2v) is 7.82. The first kappa shape index (κ1) is 18.1. The van der Waals surface area contributed by atoms with Crippen molar-refractivity contribution in [3.05, 3.63) is 70.2 Å². The summed E-state index contributed by atoms with van der Waals surface area (Å²) in [5, 5.41) is 12.8. The molecule has 1 amide bonds. The smallest absolute Gasteiger partial charge is 0.254 e. The molecule has 1 aliphatic heterocycles. The molecule has 5 heteroatoms. The highest BCUT2D eigenvalue weighted by molar-refractivity contribution is 6.30. The van der Waals surface area contributed by atoms with Gasteiger partial charge in [-0.05, 0) is 42.2 Å². The third-order valence-electron chi connectivity index (χ3n) is 5.81. The van der Waals surface area contributed by atoms with Gasteiger partial charge in [-0.15, -0.1) is 0 Å². The van der Waals surface area contributed by atoms with Crippen molar-refractivity contribution in [1.29, 1.82) is 0 Å². The predicted molar refractivity (Wildman–Crippen MR) is 101 cm³/mol. The minimum atomic E-state index is -1.16. The number of carbonyl (C=O) groups excluding carboxylic acids is 2. The number of nitrogens with zero attached hydrogens (tertiary/aromatic N) is 1. The summed E-state index contributed by atoms with van der Waals surface area (Å²) in [5.74, 6) is -2.15. The summed E-state index contributed by atoms with van der Waals surface area (Å²) in [4.78, 5) is 27.5. The Bertz CT molecular complexity index is 858. The molecule has 0 radical (unpaired) electrons. The highest BCUT2D eigenvalue weighted by Gasteiger charge is 2.44. The highest BCUT2D eigenvalue weighted by atomic mass is 35.5. The van der Waals surface area contributed by atoms with Crippen LogP contribution >= 0.6 is 11.6 Å².